The Labute approximate surface area is 123 Å². The highest BCUT2D eigenvalue weighted by Crippen LogP contribution is 2.33. The third-order valence-electron chi connectivity index (χ3n) is 3.40. The predicted octanol–water partition coefficient (Wildman–Crippen LogP) is 4.17. The molecule has 21 heavy (non-hydrogen) atoms. The Kier molecular flexibility index (Phi) is 4.42. The smallest absolute Gasteiger partial charge is 0.292 e. The van der Waals surface area contributed by atoms with Crippen LogP contribution in [0.15, 0.2) is 42.5 Å². The number of hydrogen-bond acceptors (Lipinski definition) is 4. The number of hydrogen-bond donors (Lipinski definition) is 2. The topological polar surface area (TPSA) is 75.4 Å². The summed E-state index contributed by atoms with van der Waals surface area (Å²) < 4.78 is 0. The number of rotatable bonds is 5. The summed E-state index contributed by atoms with van der Waals surface area (Å²) in [6.45, 7) is 3.78. The maximum atomic E-state index is 11.2. The summed E-state index contributed by atoms with van der Waals surface area (Å²) in [5.74, 6) is 0.187. The van der Waals surface area contributed by atoms with Gasteiger partial charge in [-0.05, 0) is 31.0 Å². The highest BCUT2D eigenvalue weighted by atomic mass is 16.6. The van der Waals surface area contributed by atoms with Gasteiger partial charge in [0.05, 0.1) is 11.0 Å². The first-order chi connectivity index (χ1) is 10.0. The molecule has 1 unspecified atom stereocenters. The van der Waals surface area contributed by atoms with E-state index in [2.05, 4.69) is 5.32 Å². The average Bonchev–Trinajstić information content (AvgIpc) is 2.46. The van der Waals surface area contributed by atoms with Crippen molar-refractivity contribution < 1.29 is 10.0 Å². The van der Waals surface area contributed by atoms with Crippen LogP contribution in [0, 0.1) is 17.0 Å². The Balaban J connectivity index is 2.36. The average molecular weight is 286 g/mol. The molecule has 0 aliphatic carbocycles. The number of phenolic OH excluding ortho intramolecular Hbond substituents is 1. The van der Waals surface area contributed by atoms with Gasteiger partial charge in [-0.15, -0.1) is 0 Å². The number of aryl methyl sites for hydroxylation is 1. The third-order valence-corrected chi connectivity index (χ3v) is 3.40. The molecule has 0 saturated carbocycles. The Morgan fingerprint density at radius 2 is 2.00 bits per heavy atom. The maximum absolute atomic E-state index is 11.2. The van der Waals surface area contributed by atoms with Gasteiger partial charge in [0.2, 0.25) is 0 Å². The molecular weight excluding hydrogens is 268 g/mol. The number of para-hydroxylation sites is 1. The molecule has 0 spiro atoms. The first-order valence-electron chi connectivity index (χ1n) is 6.82. The zero-order valence-electron chi connectivity index (χ0n) is 12.0. The van der Waals surface area contributed by atoms with E-state index in [0.29, 0.717) is 12.1 Å². The largest absolute Gasteiger partial charge is 0.508 e. The van der Waals surface area contributed by atoms with E-state index in [1.54, 1.807) is 24.3 Å². The minimum atomic E-state index is -0.396. The minimum absolute atomic E-state index is 0.0453. The lowest BCUT2D eigenvalue weighted by atomic mass is 10.0. The van der Waals surface area contributed by atoms with Crippen molar-refractivity contribution >= 4 is 11.4 Å². The van der Waals surface area contributed by atoms with Gasteiger partial charge < -0.3 is 10.4 Å². The number of nitro benzene ring substituents is 1. The molecule has 0 amide bonds. The molecule has 2 aromatic rings. The third kappa shape index (κ3) is 3.31. The van der Waals surface area contributed by atoms with E-state index >= 15 is 0 Å². The van der Waals surface area contributed by atoms with E-state index in [1.807, 2.05) is 32.0 Å². The van der Waals surface area contributed by atoms with Gasteiger partial charge in [-0.2, -0.15) is 0 Å². The molecule has 1 atom stereocenters. The Morgan fingerprint density at radius 3 is 2.62 bits per heavy atom. The van der Waals surface area contributed by atoms with Gasteiger partial charge >= 0.3 is 0 Å². The molecule has 2 N–H and O–H groups in total. The molecule has 0 heterocycles. The fourth-order valence-corrected chi connectivity index (χ4v) is 2.28. The molecule has 2 aromatic carbocycles. The second kappa shape index (κ2) is 6.26. The summed E-state index contributed by atoms with van der Waals surface area (Å²) in [5, 5.41) is 24.3. The van der Waals surface area contributed by atoms with Crippen molar-refractivity contribution in [2.45, 2.75) is 26.3 Å². The molecular formula is C16H18N2O3. The number of benzene rings is 2. The standard InChI is InChI=1S/C16H18N2O3/c1-3-13(12-6-4-5-7-16(12)19)17-14-9-8-11(2)10-15(14)18(20)21/h4-10,13,17,19H,3H2,1-2H3. The van der Waals surface area contributed by atoms with Gasteiger partial charge in [0.25, 0.3) is 5.69 Å². The Bertz CT molecular complexity index is 656. The lowest BCUT2D eigenvalue weighted by Gasteiger charge is -2.19. The van der Waals surface area contributed by atoms with E-state index in [4.69, 9.17) is 0 Å². The second-order valence-corrected chi connectivity index (χ2v) is 4.94. The zero-order valence-corrected chi connectivity index (χ0v) is 12.0. The van der Waals surface area contributed by atoms with E-state index in [0.717, 1.165) is 11.1 Å². The van der Waals surface area contributed by atoms with Crippen LogP contribution in [-0.4, -0.2) is 10.0 Å². The van der Waals surface area contributed by atoms with E-state index in [-0.39, 0.29) is 17.5 Å². The van der Waals surface area contributed by atoms with Crippen molar-refractivity contribution in [3.8, 4) is 5.75 Å². The van der Waals surface area contributed by atoms with Gasteiger partial charge in [-0.25, -0.2) is 0 Å². The Morgan fingerprint density at radius 1 is 1.29 bits per heavy atom. The van der Waals surface area contributed by atoms with Crippen LogP contribution in [0.2, 0.25) is 0 Å². The predicted molar refractivity (Wildman–Crippen MR) is 82.6 cm³/mol. The van der Waals surface area contributed by atoms with Crippen molar-refractivity contribution in [2.24, 2.45) is 0 Å². The zero-order chi connectivity index (χ0) is 15.4. The highest BCUT2D eigenvalue weighted by molar-refractivity contribution is 5.63. The molecule has 2 rings (SSSR count). The van der Waals surface area contributed by atoms with E-state index in [9.17, 15) is 15.2 Å². The maximum Gasteiger partial charge on any atom is 0.292 e. The molecule has 0 saturated heterocycles. The highest BCUT2D eigenvalue weighted by Gasteiger charge is 2.19. The molecule has 110 valence electrons. The van der Waals surface area contributed by atoms with Crippen LogP contribution in [0.1, 0.15) is 30.5 Å². The number of aromatic hydroxyl groups is 1. The lowest BCUT2D eigenvalue weighted by Crippen LogP contribution is -2.11. The van der Waals surface area contributed by atoms with Gasteiger partial charge in [-0.1, -0.05) is 31.2 Å². The monoisotopic (exact) mass is 286 g/mol. The first kappa shape index (κ1) is 14.8. The summed E-state index contributed by atoms with van der Waals surface area (Å²) in [6, 6.07) is 11.9. The molecule has 5 nitrogen and oxygen atoms in total. The summed E-state index contributed by atoms with van der Waals surface area (Å²) in [5.41, 5.74) is 2.07. The molecule has 5 heteroatoms. The van der Waals surface area contributed by atoms with Crippen LogP contribution in [0.3, 0.4) is 0 Å². The fraction of sp³-hybridized carbons (Fsp3) is 0.250. The molecule has 0 radical (unpaired) electrons. The van der Waals surface area contributed by atoms with E-state index in [1.165, 1.54) is 0 Å². The molecule has 0 aliphatic rings. The van der Waals surface area contributed by atoms with Crippen molar-refractivity contribution in [2.75, 3.05) is 5.32 Å². The first-order valence-corrected chi connectivity index (χ1v) is 6.82. The van der Waals surface area contributed by atoms with Gasteiger partial charge in [-0.3, -0.25) is 10.1 Å². The van der Waals surface area contributed by atoms with Crippen LogP contribution in [0.4, 0.5) is 11.4 Å². The minimum Gasteiger partial charge on any atom is -0.508 e. The number of phenols is 1. The van der Waals surface area contributed by atoms with Crippen LogP contribution in [0.5, 0.6) is 5.75 Å². The van der Waals surface area contributed by atoms with Crippen LogP contribution in [0.25, 0.3) is 0 Å². The van der Waals surface area contributed by atoms with Crippen LogP contribution < -0.4 is 5.32 Å². The Hall–Kier alpha value is -2.56. The summed E-state index contributed by atoms with van der Waals surface area (Å²) >= 11 is 0. The number of anilines is 1. The molecule has 0 aromatic heterocycles. The lowest BCUT2D eigenvalue weighted by molar-refractivity contribution is -0.384. The summed E-state index contributed by atoms with van der Waals surface area (Å²) in [7, 11) is 0. The summed E-state index contributed by atoms with van der Waals surface area (Å²) in [6.07, 6.45) is 0.697. The molecule has 0 bridgehead atoms. The SMILES string of the molecule is CCC(Nc1ccc(C)cc1[N+](=O)[O-])c1ccccc1O. The molecule has 0 fully saturated rings. The van der Waals surface area contributed by atoms with Crippen molar-refractivity contribution in [3.05, 3.63) is 63.7 Å². The number of nitrogens with one attached hydrogen (secondary N) is 1. The van der Waals surface area contributed by atoms with Crippen LogP contribution >= 0.6 is 0 Å². The van der Waals surface area contributed by atoms with Gasteiger partial charge in [0, 0.05) is 11.6 Å². The van der Waals surface area contributed by atoms with Gasteiger partial charge in [0.1, 0.15) is 11.4 Å². The van der Waals surface area contributed by atoms with E-state index < -0.39 is 4.92 Å². The van der Waals surface area contributed by atoms with Crippen LogP contribution in [-0.2, 0) is 0 Å². The number of nitro groups is 1. The van der Waals surface area contributed by atoms with Gasteiger partial charge in [0.15, 0.2) is 0 Å². The van der Waals surface area contributed by atoms with Crippen molar-refractivity contribution in [1.82, 2.24) is 0 Å². The fourth-order valence-electron chi connectivity index (χ4n) is 2.28. The molecule has 0 aliphatic heterocycles. The number of nitrogens with zero attached hydrogens (tertiary/aromatic N) is 1. The quantitative estimate of drug-likeness (QED) is 0.639. The normalized spacial score (nSPS) is 11.9. The second-order valence-electron chi connectivity index (χ2n) is 4.94. The van der Waals surface area contributed by atoms with Crippen molar-refractivity contribution in [1.29, 1.82) is 0 Å². The summed E-state index contributed by atoms with van der Waals surface area (Å²) in [4.78, 5) is 10.8. The van der Waals surface area contributed by atoms with Crippen molar-refractivity contribution in [3.63, 3.8) is 0 Å².